The summed E-state index contributed by atoms with van der Waals surface area (Å²) in [4.78, 5) is 11.8. The average molecular weight is 198 g/mol. The van der Waals surface area contributed by atoms with Crippen LogP contribution < -0.4 is 0 Å². The second-order valence-corrected chi connectivity index (χ2v) is 5.91. The fourth-order valence-corrected chi connectivity index (χ4v) is 4.26. The molecule has 2 aliphatic rings. The quantitative estimate of drug-likeness (QED) is 0.595. The SMILES string of the molecule is CC1CCC2SCCC(=O)C2C1C. The summed E-state index contributed by atoms with van der Waals surface area (Å²) in [6.07, 6.45) is 3.41. The van der Waals surface area contributed by atoms with Gasteiger partial charge in [0.25, 0.3) is 0 Å². The number of carbonyl (C=O) groups is 1. The van der Waals surface area contributed by atoms with Gasteiger partial charge in [0.2, 0.25) is 0 Å². The van der Waals surface area contributed by atoms with Gasteiger partial charge < -0.3 is 0 Å². The summed E-state index contributed by atoms with van der Waals surface area (Å²) in [5, 5.41) is 0.660. The van der Waals surface area contributed by atoms with E-state index in [-0.39, 0.29) is 0 Å². The van der Waals surface area contributed by atoms with Crippen molar-refractivity contribution in [1.29, 1.82) is 0 Å². The second kappa shape index (κ2) is 3.64. The van der Waals surface area contributed by atoms with Gasteiger partial charge in [-0.3, -0.25) is 4.79 Å². The van der Waals surface area contributed by atoms with E-state index in [0.717, 1.165) is 18.1 Å². The molecule has 1 saturated carbocycles. The van der Waals surface area contributed by atoms with Crippen molar-refractivity contribution in [2.45, 2.75) is 38.4 Å². The molecule has 4 atom stereocenters. The number of thioether (sulfide) groups is 1. The molecular weight excluding hydrogens is 180 g/mol. The van der Waals surface area contributed by atoms with Crippen LogP contribution in [0.4, 0.5) is 0 Å². The Morgan fingerprint density at radius 2 is 2.08 bits per heavy atom. The molecule has 74 valence electrons. The summed E-state index contributed by atoms with van der Waals surface area (Å²) < 4.78 is 0. The van der Waals surface area contributed by atoms with Gasteiger partial charge in [-0.15, -0.1) is 0 Å². The molecule has 1 aliphatic carbocycles. The number of rotatable bonds is 0. The van der Waals surface area contributed by atoms with Gasteiger partial charge in [0.05, 0.1) is 0 Å². The Morgan fingerprint density at radius 3 is 2.85 bits per heavy atom. The molecule has 4 unspecified atom stereocenters. The van der Waals surface area contributed by atoms with Crippen LogP contribution in [0.2, 0.25) is 0 Å². The Labute approximate surface area is 84.7 Å². The van der Waals surface area contributed by atoms with Gasteiger partial charge in [0, 0.05) is 23.3 Å². The zero-order chi connectivity index (χ0) is 9.42. The maximum Gasteiger partial charge on any atom is 0.138 e. The average Bonchev–Trinajstić information content (AvgIpc) is 2.12. The van der Waals surface area contributed by atoms with Gasteiger partial charge in [-0.05, 0) is 24.7 Å². The first-order valence-corrected chi connectivity index (χ1v) is 6.39. The highest BCUT2D eigenvalue weighted by Crippen LogP contribution is 2.44. The summed E-state index contributed by atoms with van der Waals surface area (Å²) in [6, 6.07) is 0. The molecule has 0 N–H and O–H groups in total. The molecule has 1 heterocycles. The van der Waals surface area contributed by atoms with Crippen LogP contribution in [-0.4, -0.2) is 16.8 Å². The van der Waals surface area contributed by atoms with Gasteiger partial charge in [-0.2, -0.15) is 11.8 Å². The Morgan fingerprint density at radius 1 is 1.31 bits per heavy atom. The van der Waals surface area contributed by atoms with E-state index in [2.05, 4.69) is 13.8 Å². The highest BCUT2D eigenvalue weighted by Gasteiger charge is 2.41. The number of hydrogen-bond acceptors (Lipinski definition) is 2. The molecule has 1 saturated heterocycles. The minimum atomic E-state index is 0.391. The highest BCUT2D eigenvalue weighted by molar-refractivity contribution is 8.00. The lowest BCUT2D eigenvalue weighted by atomic mass is 9.71. The first-order chi connectivity index (χ1) is 6.20. The van der Waals surface area contributed by atoms with Gasteiger partial charge in [0.15, 0.2) is 0 Å². The van der Waals surface area contributed by atoms with Crippen LogP contribution in [0.5, 0.6) is 0 Å². The molecule has 1 nitrogen and oxygen atoms in total. The molecule has 0 spiro atoms. The molecule has 1 aliphatic heterocycles. The van der Waals surface area contributed by atoms with Crippen molar-refractivity contribution in [3.63, 3.8) is 0 Å². The molecule has 0 amide bonds. The van der Waals surface area contributed by atoms with Gasteiger partial charge in [0.1, 0.15) is 5.78 Å². The Bertz CT molecular complexity index is 212. The number of fused-ring (bicyclic) bond motifs is 1. The van der Waals surface area contributed by atoms with Crippen molar-refractivity contribution < 1.29 is 4.79 Å². The third-order valence-electron chi connectivity index (χ3n) is 3.82. The van der Waals surface area contributed by atoms with E-state index in [1.165, 1.54) is 12.8 Å². The molecule has 0 aromatic heterocycles. The summed E-state index contributed by atoms with van der Waals surface area (Å²) in [7, 11) is 0. The van der Waals surface area contributed by atoms with Crippen LogP contribution in [0.15, 0.2) is 0 Å². The lowest BCUT2D eigenvalue weighted by molar-refractivity contribution is -0.125. The van der Waals surface area contributed by atoms with E-state index in [1.54, 1.807) is 0 Å². The van der Waals surface area contributed by atoms with Crippen LogP contribution in [0, 0.1) is 17.8 Å². The van der Waals surface area contributed by atoms with Crippen LogP contribution in [0.25, 0.3) is 0 Å². The third kappa shape index (κ3) is 1.65. The fourth-order valence-electron chi connectivity index (χ4n) is 2.73. The molecule has 2 heteroatoms. The molecule has 0 radical (unpaired) electrons. The van der Waals surface area contributed by atoms with Crippen LogP contribution in [0.1, 0.15) is 33.1 Å². The van der Waals surface area contributed by atoms with Gasteiger partial charge in [-0.25, -0.2) is 0 Å². The molecule has 0 aromatic carbocycles. The normalized spacial score (nSPS) is 45.8. The Kier molecular flexibility index (Phi) is 2.68. The van der Waals surface area contributed by atoms with E-state index >= 15 is 0 Å². The minimum Gasteiger partial charge on any atom is -0.299 e. The topological polar surface area (TPSA) is 17.1 Å². The maximum absolute atomic E-state index is 11.8. The number of hydrogen-bond donors (Lipinski definition) is 0. The Hall–Kier alpha value is 0.0200. The molecule has 0 aromatic rings. The smallest absolute Gasteiger partial charge is 0.138 e. The van der Waals surface area contributed by atoms with E-state index < -0.39 is 0 Å². The number of Topliss-reactive ketones (excluding diaryl/α,β-unsaturated/α-hetero) is 1. The predicted octanol–water partition coefficient (Wildman–Crippen LogP) is 2.74. The van der Waals surface area contributed by atoms with Crippen LogP contribution in [0.3, 0.4) is 0 Å². The first kappa shape index (κ1) is 9.57. The van der Waals surface area contributed by atoms with Crippen molar-refractivity contribution in [3.8, 4) is 0 Å². The van der Waals surface area contributed by atoms with Crippen LogP contribution in [-0.2, 0) is 4.79 Å². The summed E-state index contributed by atoms with van der Waals surface area (Å²) in [5.74, 6) is 3.38. The zero-order valence-electron chi connectivity index (χ0n) is 8.45. The number of ketones is 1. The lowest BCUT2D eigenvalue weighted by Crippen LogP contribution is -2.41. The summed E-state index contributed by atoms with van der Waals surface area (Å²) in [5.41, 5.74) is 0. The zero-order valence-corrected chi connectivity index (χ0v) is 9.27. The van der Waals surface area contributed by atoms with E-state index in [0.29, 0.717) is 22.9 Å². The van der Waals surface area contributed by atoms with Crippen molar-refractivity contribution in [3.05, 3.63) is 0 Å². The first-order valence-electron chi connectivity index (χ1n) is 5.34. The molecule has 2 fully saturated rings. The monoisotopic (exact) mass is 198 g/mol. The standard InChI is InChI=1S/C11H18OS/c1-7-3-4-10-11(8(7)2)9(12)5-6-13-10/h7-8,10-11H,3-6H2,1-2H3. The second-order valence-electron chi connectivity index (χ2n) is 4.57. The largest absolute Gasteiger partial charge is 0.299 e. The van der Waals surface area contributed by atoms with Crippen molar-refractivity contribution >= 4 is 17.5 Å². The molecule has 0 bridgehead atoms. The maximum atomic E-state index is 11.8. The fraction of sp³-hybridized carbons (Fsp3) is 0.909. The van der Waals surface area contributed by atoms with Gasteiger partial charge in [-0.1, -0.05) is 13.8 Å². The summed E-state index contributed by atoms with van der Waals surface area (Å²) in [6.45, 7) is 4.57. The van der Waals surface area contributed by atoms with Crippen molar-refractivity contribution in [2.75, 3.05) is 5.75 Å². The summed E-state index contributed by atoms with van der Waals surface area (Å²) >= 11 is 2.04. The Balaban J connectivity index is 2.15. The molecule has 2 rings (SSSR count). The minimum absolute atomic E-state index is 0.391. The molecule has 13 heavy (non-hydrogen) atoms. The van der Waals surface area contributed by atoms with E-state index in [4.69, 9.17) is 0 Å². The van der Waals surface area contributed by atoms with E-state index in [1.807, 2.05) is 11.8 Å². The van der Waals surface area contributed by atoms with Crippen molar-refractivity contribution in [1.82, 2.24) is 0 Å². The van der Waals surface area contributed by atoms with E-state index in [9.17, 15) is 4.79 Å². The van der Waals surface area contributed by atoms with Crippen LogP contribution >= 0.6 is 11.8 Å². The molecular formula is C11H18OS. The predicted molar refractivity (Wildman–Crippen MR) is 56.9 cm³/mol. The number of carbonyl (C=O) groups excluding carboxylic acids is 1. The van der Waals surface area contributed by atoms with Crippen molar-refractivity contribution in [2.24, 2.45) is 17.8 Å². The van der Waals surface area contributed by atoms with Gasteiger partial charge >= 0.3 is 0 Å². The third-order valence-corrected chi connectivity index (χ3v) is 5.22. The lowest BCUT2D eigenvalue weighted by Gasteiger charge is -2.41. The highest BCUT2D eigenvalue weighted by atomic mass is 32.2.